The third-order valence-corrected chi connectivity index (χ3v) is 3.56. The van der Waals surface area contributed by atoms with E-state index >= 15 is 0 Å². The number of alkyl halides is 3. The van der Waals surface area contributed by atoms with Gasteiger partial charge in [-0.05, 0) is 38.1 Å². The van der Waals surface area contributed by atoms with Crippen molar-refractivity contribution in [2.24, 2.45) is 5.92 Å². The van der Waals surface area contributed by atoms with Gasteiger partial charge in [0.2, 0.25) is 5.91 Å². The Kier molecular flexibility index (Phi) is 7.64. The summed E-state index contributed by atoms with van der Waals surface area (Å²) >= 11 is 0. The summed E-state index contributed by atoms with van der Waals surface area (Å²) in [6.07, 6.45) is -2.89. The Morgan fingerprint density at radius 3 is 2.57 bits per heavy atom. The highest BCUT2D eigenvalue weighted by Gasteiger charge is 2.33. The molecule has 130 valence electrons. The predicted molar refractivity (Wildman–Crippen MR) is 82.8 cm³/mol. The Morgan fingerprint density at radius 1 is 1.26 bits per heavy atom. The third kappa shape index (κ3) is 5.91. The zero-order valence-corrected chi connectivity index (χ0v) is 13.3. The molecule has 2 rings (SSSR count). The van der Waals surface area contributed by atoms with E-state index in [0.717, 1.165) is 32.0 Å². The molecule has 1 fully saturated rings. The molecule has 4 nitrogen and oxygen atoms in total. The number of carbonyl (C=O) groups is 1. The lowest BCUT2D eigenvalue weighted by molar-refractivity contribution is -0.139. The van der Waals surface area contributed by atoms with Gasteiger partial charge in [-0.1, -0.05) is 12.1 Å². The van der Waals surface area contributed by atoms with Crippen molar-refractivity contribution in [1.82, 2.24) is 10.6 Å². The van der Waals surface area contributed by atoms with Crippen molar-refractivity contribution in [3.63, 3.8) is 0 Å². The van der Waals surface area contributed by atoms with Crippen LogP contribution in [-0.4, -0.2) is 32.1 Å². The van der Waals surface area contributed by atoms with Crippen molar-refractivity contribution in [3.05, 3.63) is 29.8 Å². The topological polar surface area (TPSA) is 50.4 Å². The predicted octanol–water partition coefficient (Wildman–Crippen LogP) is 2.62. The van der Waals surface area contributed by atoms with E-state index in [2.05, 4.69) is 10.6 Å². The Morgan fingerprint density at radius 2 is 1.91 bits per heavy atom. The number of para-hydroxylation sites is 1. The maximum atomic E-state index is 12.8. The van der Waals surface area contributed by atoms with Gasteiger partial charge < -0.3 is 15.4 Å². The fourth-order valence-electron chi connectivity index (χ4n) is 2.39. The maximum absolute atomic E-state index is 12.8. The summed E-state index contributed by atoms with van der Waals surface area (Å²) in [4.78, 5) is 11.9. The molecule has 0 saturated carbocycles. The molecule has 8 heteroatoms. The molecule has 0 unspecified atom stereocenters. The Hall–Kier alpha value is -1.47. The van der Waals surface area contributed by atoms with Crippen molar-refractivity contribution in [2.75, 3.05) is 26.2 Å². The number of amides is 1. The SMILES string of the molecule is Cl.O=C(NCCOc1ccccc1C(F)(F)F)C1CCNCC1. The number of benzene rings is 1. The monoisotopic (exact) mass is 352 g/mol. The number of hydrogen-bond acceptors (Lipinski definition) is 3. The molecule has 1 aliphatic heterocycles. The fourth-order valence-corrected chi connectivity index (χ4v) is 2.39. The molecule has 1 aliphatic rings. The van der Waals surface area contributed by atoms with Crippen LogP contribution in [0.4, 0.5) is 13.2 Å². The molecule has 0 aromatic heterocycles. The molecule has 2 N–H and O–H groups in total. The summed E-state index contributed by atoms with van der Waals surface area (Å²) in [7, 11) is 0. The minimum atomic E-state index is -4.45. The lowest BCUT2D eigenvalue weighted by Gasteiger charge is -2.21. The molecular weight excluding hydrogens is 333 g/mol. The summed E-state index contributed by atoms with van der Waals surface area (Å²) in [6.45, 7) is 1.82. The van der Waals surface area contributed by atoms with Crippen molar-refractivity contribution < 1.29 is 22.7 Å². The van der Waals surface area contributed by atoms with Crippen LogP contribution < -0.4 is 15.4 Å². The molecule has 1 amide bonds. The minimum absolute atomic E-state index is 0. The first kappa shape index (κ1) is 19.6. The summed E-state index contributed by atoms with van der Waals surface area (Å²) in [5.41, 5.74) is -0.806. The van der Waals surface area contributed by atoms with E-state index in [4.69, 9.17) is 4.74 Å². The first-order chi connectivity index (χ1) is 10.5. The molecule has 0 atom stereocenters. The van der Waals surface area contributed by atoms with Crippen LogP contribution in [0.25, 0.3) is 0 Å². The molecule has 1 aromatic rings. The van der Waals surface area contributed by atoms with Crippen molar-refractivity contribution in [2.45, 2.75) is 19.0 Å². The van der Waals surface area contributed by atoms with Gasteiger partial charge in [0.15, 0.2) is 0 Å². The second-order valence-electron chi connectivity index (χ2n) is 5.16. The molecule has 1 saturated heterocycles. The van der Waals surface area contributed by atoms with Gasteiger partial charge in [0.25, 0.3) is 0 Å². The van der Waals surface area contributed by atoms with Crippen molar-refractivity contribution >= 4 is 18.3 Å². The number of nitrogens with one attached hydrogen (secondary N) is 2. The highest BCUT2D eigenvalue weighted by Crippen LogP contribution is 2.35. The fraction of sp³-hybridized carbons (Fsp3) is 0.533. The van der Waals surface area contributed by atoms with Crippen LogP contribution in [-0.2, 0) is 11.0 Å². The highest BCUT2D eigenvalue weighted by molar-refractivity contribution is 5.85. The van der Waals surface area contributed by atoms with Gasteiger partial charge in [-0.15, -0.1) is 12.4 Å². The highest BCUT2D eigenvalue weighted by atomic mass is 35.5. The summed E-state index contributed by atoms with van der Waals surface area (Å²) < 4.78 is 43.5. The zero-order chi connectivity index (χ0) is 16.0. The van der Waals surface area contributed by atoms with Crippen LogP contribution in [0.15, 0.2) is 24.3 Å². The second kappa shape index (κ2) is 8.98. The number of rotatable bonds is 5. The van der Waals surface area contributed by atoms with Crippen LogP contribution in [0.1, 0.15) is 18.4 Å². The van der Waals surface area contributed by atoms with Crippen molar-refractivity contribution in [3.8, 4) is 5.75 Å². The smallest absolute Gasteiger partial charge is 0.419 e. The molecule has 0 aliphatic carbocycles. The van der Waals surface area contributed by atoms with Gasteiger partial charge >= 0.3 is 6.18 Å². The van der Waals surface area contributed by atoms with Crippen LogP contribution in [0, 0.1) is 5.92 Å². The average molecular weight is 353 g/mol. The average Bonchev–Trinajstić information content (AvgIpc) is 2.51. The van der Waals surface area contributed by atoms with E-state index in [9.17, 15) is 18.0 Å². The van der Waals surface area contributed by atoms with E-state index in [0.29, 0.717) is 0 Å². The Bertz CT molecular complexity index is 506. The van der Waals surface area contributed by atoms with Crippen LogP contribution in [0.5, 0.6) is 5.75 Å². The second-order valence-corrected chi connectivity index (χ2v) is 5.16. The van der Waals surface area contributed by atoms with Gasteiger partial charge in [-0.2, -0.15) is 13.2 Å². The molecule has 0 bridgehead atoms. The Balaban J connectivity index is 0.00000264. The molecule has 0 spiro atoms. The first-order valence-corrected chi connectivity index (χ1v) is 7.26. The molecular formula is C15H20ClF3N2O2. The number of hydrogen-bond donors (Lipinski definition) is 2. The largest absolute Gasteiger partial charge is 0.491 e. The standard InChI is InChI=1S/C15H19F3N2O2.ClH/c16-15(17,18)12-3-1-2-4-13(12)22-10-9-20-14(21)11-5-7-19-8-6-11;/h1-4,11,19H,5-10H2,(H,20,21);1H. The summed E-state index contributed by atoms with van der Waals surface area (Å²) in [5.74, 6) is -0.302. The van der Waals surface area contributed by atoms with E-state index in [1.807, 2.05) is 0 Å². The van der Waals surface area contributed by atoms with Gasteiger partial charge in [-0.25, -0.2) is 0 Å². The number of piperidine rings is 1. The van der Waals surface area contributed by atoms with Crippen LogP contribution >= 0.6 is 12.4 Å². The van der Waals surface area contributed by atoms with E-state index in [1.54, 1.807) is 0 Å². The van der Waals surface area contributed by atoms with E-state index in [-0.39, 0.29) is 43.1 Å². The Labute approximate surface area is 139 Å². The quantitative estimate of drug-likeness (QED) is 0.801. The molecule has 23 heavy (non-hydrogen) atoms. The van der Waals surface area contributed by atoms with Crippen LogP contribution in [0.2, 0.25) is 0 Å². The normalized spacial score (nSPS) is 15.6. The van der Waals surface area contributed by atoms with Gasteiger partial charge in [0.05, 0.1) is 12.1 Å². The lowest BCUT2D eigenvalue weighted by Crippen LogP contribution is -2.39. The maximum Gasteiger partial charge on any atom is 0.419 e. The minimum Gasteiger partial charge on any atom is -0.491 e. The van der Waals surface area contributed by atoms with Gasteiger partial charge in [0.1, 0.15) is 12.4 Å². The summed E-state index contributed by atoms with van der Waals surface area (Å²) in [5, 5.41) is 5.88. The molecule has 1 aromatic carbocycles. The third-order valence-electron chi connectivity index (χ3n) is 3.56. The summed E-state index contributed by atoms with van der Waals surface area (Å²) in [6, 6.07) is 5.05. The van der Waals surface area contributed by atoms with E-state index in [1.165, 1.54) is 18.2 Å². The van der Waals surface area contributed by atoms with Gasteiger partial charge in [-0.3, -0.25) is 4.79 Å². The van der Waals surface area contributed by atoms with E-state index < -0.39 is 11.7 Å². The molecule has 1 heterocycles. The molecule has 0 radical (unpaired) electrons. The number of ether oxygens (including phenoxy) is 1. The lowest BCUT2D eigenvalue weighted by atomic mass is 9.97. The van der Waals surface area contributed by atoms with Crippen molar-refractivity contribution in [1.29, 1.82) is 0 Å². The first-order valence-electron chi connectivity index (χ1n) is 7.26. The number of carbonyl (C=O) groups excluding carboxylic acids is 1. The van der Waals surface area contributed by atoms with Gasteiger partial charge in [0, 0.05) is 5.92 Å². The number of halogens is 4. The van der Waals surface area contributed by atoms with Crippen LogP contribution in [0.3, 0.4) is 0 Å². The zero-order valence-electron chi connectivity index (χ0n) is 12.5.